The number of aryl methyl sites for hydroxylation is 1. The maximum Gasteiger partial charge on any atom is 0.254 e. The molecule has 39 heavy (non-hydrogen) atoms. The zero-order valence-corrected chi connectivity index (χ0v) is 23.7. The predicted molar refractivity (Wildman–Crippen MR) is 153 cm³/mol. The number of hydrogen-bond acceptors (Lipinski definition) is 5. The van der Waals surface area contributed by atoms with Crippen molar-refractivity contribution in [3.63, 3.8) is 0 Å². The Morgan fingerprint density at radius 3 is 2.64 bits per heavy atom. The summed E-state index contributed by atoms with van der Waals surface area (Å²) < 4.78 is 16.4. The fourth-order valence-corrected chi connectivity index (χ4v) is 6.55. The Hall–Kier alpha value is -2.81. The SMILES string of the molecule is CCN(C(=O)c1cc(F)ccc1-c1cc([C@H]2CCN(CC3(O)CCC(N)CC3)C2)cc2c1cnn2C)C(C)C. The summed E-state index contributed by atoms with van der Waals surface area (Å²) in [4.78, 5) is 17.8. The van der Waals surface area contributed by atoms with Gasteiger partial charge in [0, 0.05) is 44.2 Å². The van der Waals surface area contributed by atoms with Crippen LogP contribution in [0.5, 0.6) is 0 Å². The number of fused-ring (bicyclic) bond motifs is 1. The number of amides is 1. The van der Waals surface area contributed by atoms with Gasteiger partial charge in [0.2, 0.25) is 0 Å². The fraction of sp³-hybridized carbons (Fsp3) is 0.548. The summed E-state index contributed by atoms with van der Waals surface area (Å²) in [6, 6.07) is 9.10. The largest absolute Gasteiger partial charge is 0.389 e. The molecule has 7 nitrogen and oxygen atoms in total. The molecule has 1 atom stereocenters. The first-order chi connectivity index (χ1) is 18.6. The molecule has 2 aromatic carbocycles. The summed E-state index contributed by atoms with van der Waals surface area (Å²) in [6.07, 6.45) is 6.08. The molecule has 5 rings (SSSR count). The van der Waals surface area contributed by atoms with E-state index in [-0.39, 0.29) is 18.0 Å². The number of aromatic nitrogens is 2. The molecule has 3 N–H and O–H groups in total. The number of nitrogens with two attached hydrogens (primary N) is 1. The van der Waals surface area contributed by atoms with Gasteiger partial charge in [-0.2, -0.15) is 5.10 Å². The summed E-state index contributed by atoms with van der Waals surface area (Å²) >= 11 is 0. The van der Waals surface area contributed by atoms with Gasteiger partial charge in [0.05, 0.1) is 22.9 Å². The molecule has 1 saturated heterocycles. The van der Waals surface area contributed by atoms with E-state index >= 15 is 0 Å². The molecule has 0 radical (unpaired) electrons. The number of hydrogen-bond donors (Lipinski definition) is 2. The van der Waals surface area contributed by atoms with Crippen LogP contribution in [0.25, 0.3) is 22.0 Å². The number of halogens is 1. The molecule has 2 fully saturated rings. The fourth-order valence-electron chi connectivity index (χ4n) is 6.55. The van der Waals surface area contributed by atoms with Crippen LogP contribution in [0, 0.1) is 5.82 Å². The van der Waals surface area contributed by atoms with Crippen LogP contribution < -0.4 is 5.73 Å². The maximum absolute atomic E-state index is 14.5. The van der Waals surface area contributed by atoms with Gasteiger partial charge >= 0.3 is 0 Å². The van der Waals surface area contributed by atoms with E-state index < -0.39 is 11.4 Å². The highest BCUT2D eigenvalue weighted by Crippen LogP contribution is 2.38. The van der Waals surface area contributed by atoms with Crippen LogP contribution in [0.15, 0.2) is 36.5 Å². The van der Waals surface area contributed by atoms with Crippen molar-refractivity contribution in [2.24, 2.45) is 12.8 Å². The molecular weight excluding hydrogens is 493 g/mol. The van der Waals surface area contributed by atoms with Crippen LogP contribution in [0.4, 0.5) is 4.39 Å². The molecule has 2 aliphatic rings. The van der Waals surface area contributed by atoms with Crippen LogP contribution in [-0.2, 0) is 7.05 Å². The third-order valence-electron chi connectivity index (χ3n) is 8.84. The maximum atomic E-state index is 14.5. The zero-order chi connectivity index (χ0) is 27.9. The van der Waals surface area contributed by atoms with E-state index in [4.69, 9.17) is 5.73 Å². The average molecular weight is 536 g/mol. The molecular formula is C31H42FN5O2. The molecule has 0 bridgehead atoms. The molecule has 1 aliphatic heterocycles. The second-order valence-electron chi connectivity index (χ2n) is 11.9. The highest BCUT2D eigenvalue weighted by molar-refractivity contribution is 6.05. The van der Waals surface area contributed by atoms with Gasteiger partial charge in [-0.3, -0.25) is 14.4 Å². The Balaban J connectivity index is 1.50. The summed E-state index contributed by atoms with van der Waals surface area (Å²) in [5.41, 5.74) is 9.58. The van der Waals surface area contributed by atoms with Crippen molar-refractivity contribution < 1.29 is 14.3 Å². The van der Waals surface area contributed by atoms with E-state index in [0.29, 0.717) is 24.6 Å². The molecule has 1 saturated carbocycles. The summed E-state index contributed by atoms with van der Waals surface area (Å²) in [7, 11) is 1.93. The summed E-state index contributed by atoms with van der Waals surface area (Å²) in [5, 5.41) is 16.6. The lowest BCUT2D eigenvalue weighted by atomic mass is 9.82. The Bertz CT molecular complexity index is 1340. The Morgan fingerprint density at radius 1 is 1.21 bits per heavy atom. The molecule has 1 aliphatic carbocycles. The molecule has 8 heteroatoms. The number of nitrogens with zero attached hydrogens (tertiary/aromatic N) is 4. The van der Waals surface area contributed by atoms with Crippen molar-refractivity contribution >= 4 is 16.8 Å². The van der Waals surface area contributed by atoms with Crippen LogP contribution in [0.2, 0.25) is 0 Å². The molecule has 1 aromatic heterocycles. The van der Waals surface area contributed by atoms with Crippen molar-refractivity contribution in [3.8, 4) is 11.1 Å². The van der Waals surface area contributed by atoms with Crippen molar-refractivity contribution in [2.75, 3.05) is 26.2 Å². The highest BCUT2D eigenvalue weighted by Gasteiger charge is 2.36. The molecule has 210 valence electrons. The Labute approximate surface area is 230 Å². The number of carbonyl (C=O) groups excluding carboxylic acids is 1. The van der Waals surface area contributed by atoms with Gasteiger partial charge in [-0.15, -0.1) is 0 Å². The van der Waals surface area contributed by atoms with E-state index in [2.05, 4.69) is 22.1 Å². The third-order valence-corrected chi connectivity index (χ3v) is 8.84. The summed E-state index contributed by atoms with van der Waals surface area (Å²) in [6.45, 7) is 8.91. The van der Waals surface area contributed by atoms with Crippen LogP contribution in [-0.4, -0.2) is 74.5 Å². The van der Waals surface area contributed by atoms with Gasteiger partial charge in [-0.1, -0.05) is 6.07 Å². The second kappa shape index (κ2) is 11.0. The van der Waals surface area contributed by atoms with Gasteiger partial charge in [0.15, 0.2) is 0 Å². The standard InChI is InChI=1S/C31H42FN5O2/c1-5-37(20(2)3)30(38)27-16-23(32)6-7-25(27)26-14-22(15-29-28(26)17-34-35(29)4)21-10-13-36(18-21)19-31(39)11-8-24(33)9-12-31/h6-7,14-17,20-21,24,39H,5,8-13,18-19,33H2,1-4H3/t21-,24?,31?/m0/s1. The molecule has 1 amide bonds. The van der Waals surface area contributed by atoms with E-state index in [1.165, 1.54) is 17.7 Å². The minimum absolute atomic E-state index is 0.00237. The third kappa shape index (κ3) is 5.60. The number of aliphatic hydroxyl groups is 1. The number of likely N-dealkylation sites (tertiary alicyclic amines) is 1. The van der Waals surface area contributed by atoms with Gasteiger partial charge in [-0.25, -0.2) is 4.39 Å². The lowest BCUT2D eigenvalue weighted by molar-refractivity contribution is -0.0251. The zero-order valence-electron chi connectivity index (χ0n) is 23.7. The minimum atomic E-state index is -0.660. The van der Waals surface area contributed by atoms with Gasteiger partial charge in [-0.05, 0) is 106 Å². The first kappa shape index (κ1) is 27.7. The lowest BCUT2D eigenvalue weighted by Gasteiger charge is -2.37. The van der Waals surface area contributed by atoms with E-state index in [1.807, 2.05) is 38.7 Å². The normalized spacial score (nSPS) is 24.1. The monoisotopic (exact) mass is 535 g/mol. The Morgan fingerprint density at radius 2 is 1.95 bits per heavy atom. The van der Waals surface area contributed by atoms with Crippen LogP contribution >= 0.6 is 0 Å². The number of β-amino-alcohol motifs (C(OH)–C–C–N with tert-alkyl or cyclic N) is 1. The first-order valence-electron chi connectivity index (χ1n) is 14.4. The molecule has 2 heterocycles. The van der Waals surface area contributed by atoms with Gasteiger partial charge < -0.3 is 15.7 Å². The van der Waals surface area contributed by atoms with Gasteiger partial charge in [0.25, 0.3) is 5.91 Å². The number of benzene rings is 2. The topological polar surface area (TPSA) is 87.6 Å². The van der Waals surface area contributed by atoms with E-state index in [0.717, 1.165) is 67.2 Å². The lowest BCUT2D eigenvalue weighted by Crippen LogP contribution is -2.46. The van der Waals surface area contributed by atoms with Gasteiger partial charge in [0.1, 0.15) is 5.82 Å². The summed E-state index contributed by atoms with van der Waals surface area (Å²) in [5.74, 6) is -0.301. The Kier molecular flexibility index (Phi) is 7.82. The van der Waals surface area contributed by atoms with Crippen LogP contribution in [0.3, 0.4) is 0 Å². The van der Waals surface area contributed by atoms with Crippen molar-refractivity contribution in [2.45, 2.75) is 76.5 Å². The molecule has 3 aromatic rings. The second-order valence-corrected chi connectivity index (χ2v) is 11.9. The molecule has 0 unspecified atom stereocenters. The number of carbonyl (C=O) groups is 1. The van der Waals surface area contributed by atoms with Crippen molar-refractivity contribution in [1.29, 1.82) is 0 Å². The van der Waals surface area contributed by atoms with Crippen molar-refractivity contribution in [1.82, 2.24) is 19.6 Å². The van der Waals surface area contributed by atoms with Crippen LogP contribution in [0.1, 0.15) is 74.7 Å². The van der Waals surface area contributed by atoms with E-state index in [1.54, 1.807) is 11.0 Å². The molecule has 0 spiro atoms. The minimum Gasteiger partial charge on any atom is -0.389 e. The van der Waals surface area contributed by atoms with E-state index in [9.17, 15) is 14.3 Å². The average Bonchev–Trinajstić information content (AvgIpc) is 3.52. The first-order valence-corrected chi connectivity index (χ1v) is 14.4. The predicted octanol–water partition coefficient (Wildman–Crippen LogP) is 4.67. The smallest absolute Gasteiger partial charge is 0.254 e. The highest BCUT2D eigenvalue weighted by atomic mass is 19.1. The quantitative estimate of drug-likeness (QED) is 0.459. The number of rotatable bonds is 7. The van der Waals surface area contributed by atoms with Crippen molar-refractivity contribution in [3.05, 3.63) is 53.5 Å².